The van der Waals surface area contributed by atoms with Crippen molar-refractivity contribution in [1.29, 1.82) is 0 Å². The Balaban J connectivity index is 0.00000300. The lowest BCUT2D eigenvalue weighted by molar-refractivity contribution is -0.129. The average molecular weight is 441 g/mol. The molecule has 158 valence electrons. The molecule has 1 amide bonds. The maximum absolute atomic E-state index is 11.1. The number of likely N-dealkylation sites (tertiary alicyclic amines) is 1. The highest BCUT2D eigenvalue weighted by molar-refractivity contribution is 6.30. The predicted octanol–water partition coefficient (Wildman–Crippen LogP) is 4.68. The highest BCUT2D eigenvalue weighted by Crippen LogP contribution is 2.26. The fourth-order valence-corrected chi connectivity index (χ4v) is 3.44. The number of hydroxylamine groups is 1. The van der Waals surface area contributed by atoms with Crippen molar-refractivity contribution in [3.8, 4) is 17.2 Å². The highest BCUT2D eigenvalue weighted by Gasteiger charge is 2.24. The number of rotatable bonds is 9. The molecule has 0 spiro atoms. The summed E-state index contributed by atoms with van der Waals surface area (Å²) in [6, 6.07) is 15.1. The Labute approximate surface area is 182 Å². The van der Waals surface area contributed by atoms with Crippen molar-refractivity contribution in [2.45, 2.75) is 31.7 Å². The van der Waals surface area contributed by atoms with Crippen molar-refractivity contribution < 1.29 is 19.5 Å². The second-order valence-corrected chi connectivity index (χ2v) is 7.25. The molecule has 1 aliphatic heterocycles. The highest BCUT2D eigenvalue weighted by atomic mass is 35.5. The molecule has 1 aliphatic rings. The normalized spacial score (nSPS) is 16.1. The van der Waals surface area contributed by atoms with Gasteiger partial charge in [0.2, 0.25) is 5.91 Å². The van der Waals surface area contributed by atoms with Gasteiger partial charge >= 0.3 is 0 Å². The van der Waals surface area contributed by atoms with Crippen LogP contribution in [0, 0.1) is 0 Å². The van der Waals surface area contributed by atoms with Gasteiger partial charge in [-0.2, -0.15) is 0 Å². The zero-order chi connectivity index (χ0) is 19.8. The first-order chi connectivity index (χ1) is 13.6. The quantitative estimate of drug-likeness (QED) is 0.437. The summed E-state index contributed by atoms with van der Waals surface area (Å²) in [6.07, 6.45) is 3.27. The van der Waals surface area contributed by atoms with Crippen LogP contribution in [0.25, 0.3) is 0 Å². The van der Waals surface area contributed by atoms with Gasteiger partial charge in [-0.1, -0.05) is 11.6 Å². The Kier molecular flexibility index (Phi) is 9.54. The number of nitrogens with one attached hydrogen (secondary N) is 1. The van der Waals surface area contributed by atoms with E-state index in [0.717, 1.165) is 49.6 Å². The first kappa shape index (κ1) is 23.3. The van der Waals surface area contributed by atoms with Crippen LogP contribution in [-0.2, 0) is 4.79 Å². The van der Waals surface area contributed by atoms with E-state index in [-0.39, 0.29) is 18.3 Å². The van der Waals surface area contributed by atoms with Crippen LogP contribution in [0.15, 0.2) is 48.5 Å². The molecule has 29 heavy (non-hydrogen) atoms. The third kappa shape index (κ3) is 7.40. The van der Waals surface area contributed by atoms with Crippen LogP contribution >= 0.6 is 24.0 Å². The minimum absolute atomic E-state index is 0. The lowest BCUT2D eigenvalue weighted by Gasteiger charge is -2.24. The van der Waals surface area contributed by atoms with Crippen LogP contribution in [0.1, 0.15) is 25.7 Å². The van der Waals surface area contributed by atoms with E-state index in [1.54, 1.807) is 17.6 Å². The molecule has 3 rings (SSSR count). The third-order valence-corrected chi connectivity index (χ3v) is 5.04. The molecule has 0 unspecified atom stereocenters. The summed E-state index contributed by atoms with van der Waals surface area (Å²) in [5.74, 6) is 1.93. The molecule has 1 saturated heterocycles. The Morgan fingerprint density at radius 1 is 1.10 bits per heavy atom. The minimum Gasteiger partial charge on any atom is -0.492 e. The third-order valence-electron chi connectivity index (χ3n) is 4.79. The van der Waals surface area contributed by atoms with Crippen LogP contribution in [0.3, 0.4) is 0 Å². The molecule has 0 radical (unpaired) electrons. The summed E-state index contributed by atoms with van der Waals surface area (Å²) < 4.78 is 11.7. The second-order valence-electron chi connectivity index (χ2n) is 6.81. The minimum atomic E-state index is -0.340. The summed E-state index contributed by atoms with van der Waals surface area (Å²) in [7, 11) is 0. The molecule has 0 aliphatic carbocycles. The lowest BCUT2D eigenvalue weighted by atomic mass is 10.2. The number of benzene rings is 2. The first-order valence-electron chi connectivity index (χ1n) is 9.47. The maximum Gasteiger partial charge on any atom is 0.243 e. The number of carbonyl (C=O) groups excluding carboxylic acids is 1. The van der Waals surface area contributed by atoms with Gasteiger partial charge in [0.05, 0.1) is 0 Å². The van der Waals surface area contributed by atoms with Crippen molar-refractivity contribution in [2.75, 3.05) is 19.7 Å². The Hall–Kier alpha value is -1.99. The van der Waals surface area contributed by atoms with E-state index in [2.05, 4.69) is 4.90 Å². The molecule has 6 nitrogen and oxygen atoms in total. The van der Waals surface area contributed by atoms with Gasteiger partial charge in [-0.15, -0.1) is 12.4 Å². The number of hydrogen-bond donors (Lipinski definition) is 2. The van der Waals surface area contributed by atoms with Gasteiger partial charge < -0.3 is 9.47 Å². The summed E-state index contributed by atoms with van der Waals surface area (Å²) >= 11 is 5.88. The molecule has 1 fully saturated rings. The topological polar surface area (TPSA) is 71.0 Å². The number of ether oxygens (including phenoxy) is 2. The van der Waals surface area contributed by atoms with Crippen molar-refractivity contribution in [3.63, 3.8) is 0 Å². The Morgan fingerprint density at radius 3 is 2.38 bits per heavy atom. The summed E-state index contributed by atoms with van der Waals surface area (Å²) in [5.41, 5.74) is 1.67. The van der Waals surface area contributed by atoms with Crippen molar-refractivity contribution in [1.82, 2.24) is 10.4 Å². The van der Waals surface area contributed by atoms with Gasteiger partial charge in [0.15, 0.2) is 0 Å². The molecule has 2 aromatic carbocycles. The molecular weight excluding hydrogens is 415 g/mol. The van der Waals surface area contributed by atoms with Gasteiger partial charge in [-0.3, -0.25) is 14.9 Å². The molecule has 1 heterocycles. The van der Waals surface area contributed by atoms with Crippen molar-refractivity contribution in [2.24, 2.45) is 0 Å². The molecule has 0 bridgehead atoms. The number of carbonyl (C=O) groups is 1. The number of amides is 1. The SMILES string of the molecule is Cl.O=C(CCCN1CCC[C@H]1COc1ccc(Oc2ccc(Cl)cc2)cc1)NO. The lowest BCUT2D eigenvalue weighted by Crippen LogP contribution is -2.35. The average Bonchev–Trinajstić information content (AvgIpc) is 3.16. The van der Waals surface area contributed by atoms with Crippen LogP contribution in [0.4, 0.5) is 0 Å². The van der Waals surface area contributed by atoms with Crippen LogP contribution in [0.5, 0.6) is 17.2 Å². The van der Waals surface area contributed by atoms with E-state index in [9.17, 15) is 4.79 Å². The zero-order valence-corrected chi connectivity index (χ0v) is 17.6. The second kappa shape index (κ2) is 11.9. The fourth-order valence-electron chi connectivity index (χ4n) is 3.31. The molecule has 0 aromatic heterocycles. The van der Waals surface area contributed by atoms with E-state index in [1.807, 2.05) is 36.4 Å². The smallest absolute Gasteiger partial charge is 0.243 e. The van der Waals surface area contributed by atoms with E-state index in [4.69, 9.17) is 26.3 Å². The number of nitrogens with zero attached hydrogens (tertiary/aromatic N) is 1. The van der Waals surface area contributed by atoms with E-state index >= 15 is 0 Å². The van der Waals surface area contributed by atoms with Gasteiger partial charge in [0.1, 0.15) is 23.9 Å². The summed E-state index contributed by atoms with van der Waals surface area (Å²) in [4.78, 5) is 13.5. The molecule has 2 aromatic rings. The maximum atomic E-state index is 11.1. The number of halogens is 2. The molecule has 0 saturated carbocycles. The Morgan fingerprint density at radius 2 is 1.72 bits per heavy atom. The van der Waals surface area contributed by atoms with E-state index in [0.29, 0.717) is 24.1 Å². The zero-order valence-electron chi connectivity index (χ0n) is 16.1. The van der Waals surface area contributed by atoms with Gasteiger partial charge in [-0.05, 0) is 80.9 Å². The molecule has 8 heteroatoms. The first-order valence-corrected chi connectivity index (χ1v) is 9.85. The largest absolute Gasteiger partial charge is 0.492 e. The van der Waals surface area contributed by atoms with Crippen molar-refractivity contribution >= 4 is 29.9 Å². The monoisotopic (exact) mass is 440 g/mol. The van der Waals surface area contributed by atoms with Crippen molar-refractivity contribution in [3.05, 3.63) is 53.6 Å². The van der Waals surface area contributed by atoms with Crippen LogP contribution in [0.2, 0.25) is 5.02 Å². The summed E-state index contributed by atoms with van der Waals surface area (Å²) in [6.45, 7) is 2.46. The molecule has 2 N–H and O–H groups in total. The van der Waals surface area contributed by atoms with Crippen LogP contribution in [-0.4, -0.2) is 41.8 Å². The predicted molar refractivity (Wildman–Crippen MR) is 114 cm³/mol. The van der Waals surface area contributed by atoms with Gasteiger partial charge in [-0.25, -0.2) is 5.48 Å². The van der Waals surface area contributed by atoms with E-state index in [1.165, 1.54) is 0 Å². The summed E-state index contributed by atoms with van der Waals surface area (Å²) in [5, 5.41) is 9.23. The Bertz CT molecular complexity index is 756. The van der Waals surface area contributed by atoms with Crippen LogP contribution < -0.4 is 15.0 Å². The standard InChI is InChI=1S/C21H25ClN2O4.ClH/c22-16-5-7-19(8-6-16)28-20-11-9-18(10-12-20)27-15-17-3-1-13-24(17)14-2-4-21(25)23-26;/h5-12,17,26H,1-4,13-15H2,(H,23,25);1H/t17-;/m0./s1. The van der Waals surface area contributed by atoms with Gasteiger partial charge in [0.25, 0.3) is 0 Å². The molecule has 1 atom stereocenters. The van der Waals surface area contributed by atoms with Gasteiger partial charge in [0, 0.05) is 17.5 Å². The molecular formula is C21H26Cl2N2O4. The van der Waals surface area contributed by atoms with E-state index < -0.39 is 0 Å². The number of hydrogen-bond acceptors (Lipinski definition) is 5. The fraction of sp³-hybridized carbons (Fsp3) is 0.381.